The van der Waals surface area contributed by atoms with Crippen molar-refractivity contribution in [2.75, 3.05) is 0 Å². The fourth-order valence-corrected chi connectivity index (χ4v) is 2.35. The van der Waals surface area contributed by atoms with Gasteiger partial charge in [0.1, 0.15) is 0 Å². The second-order valence-electron chi connectivity index (χ2n) is 4.85. The van der Waals surface area contributed by atoms with E-state index in [2.05, 4.69) is 0 Å². The van der Waals surface area contributed by atoms with Gasteiger partial charge in [0, 0.05) is 12.1 Å². The first-order valence-corrected chi connectivity index (χ1v) is 6.73. The highest BCUT2D eigenvalue weighted by molar-refractivity contribution is 6.11. The van der Waals surface area contributed by atoms with Crippen LogP contribution in [-0.4, -0.2) is 15.6 Å². The largest absolute Gasteiger partial charge is 0.290 e. The van der Waals surface area contributed by atoms with Crippen molar-refractivity contribution in [2.45, 2.75) is 5.41 Å². The molecule has 0 aliphatic carbocycles. The minimum atomic E-state index is -2.59. The summed E-state index contributed by atoms with van der Waals surface area (Å²) in [6.45, 7) is 0. The summed E-state index contributed by atoms with van der Waals surface area (Å²) in [6.07, 6.45) is 0. The van der Waals surface area contributed by atoms with Crippen molar-refractivity contribution in [1.29, 1.82) is 10.5 Å². The van der Waals surface area contributed by atoms with E-state index < -0.39 is 43.5 Å². The van der Waals surface area contributed by atoms with Crippen LogP contribution in [0.1, 0.15) is 15.9 Å². The number of nitro benzene ring substituents is 2. The lowest BCUT2D eigenvalue weighted by atomic mass is 9.76. The molecule has 0 N–H and O–H groups in total. The van der Waals surface area contributed by atoms with Crippen LogP contribution in [0.5, 0.6) is 0 Å². The first-order valence-electron chi connectivity index (χ1n) is 6.73. The number of carbonyl (C=O) groups excluding carboxylic acids is 1. The van der Waals surface area contributed by atoms with Gasteiger partial charge in [-0.25, -0.2) is 0 Å². The monoisotopic (exact) mass is 336 g/mol. The van der Waals surface area contributed by atoms with E-state index >= 15 is 0 Å². The van der Waals surface area contributed by atoms with Crippen LogP contribution in [0.3, 0.4) is 0 Å². The van der Waals surface area contributed by atoms with Crippen molar-refractivity contribution in [2.24, 2.45) is 0 Å². The van der Waals surface area contributed by atoms with E-state index in [0.29, 0.717) is 0 Å². The summed E-state index contributed by atoms with van der Waals surface area (Å²) >= 11 is 0. The summed E-state index contributed by atoms with van der Waals surface area (Å²) in [5, 5.41) is 41.3. The molecule has 2 aromatic carbocycles. The minimum absolute atomic E-state index is 0.437. The van der Waals surface area contributed by atoms with Crippen molar-refractivity contribution < 1.29 is 14.6 Å². The van der Waals surface area contributed by atoms with Gasteiger partial charge in [0.05, 0.1) is 33.1 Å². The first kappa shape index (κ1) is 17.2. The highest BCUT2D eigenvalue weighted by Crippen LogP contribution is 2.36. The number of nitro groups is 2. The Bertz CT molecular complexity index is 957. The number of nitriles is 2. The Morgan fingerprint density at radius 2 is 1.36 bits per heavy atom. The van der Waals surface area contributed by atoms with Gasteiger partial charge < -0.3 is 0 Å². The SMILES string of the molecule is N#CC(C#N)(C(=O)c1ccccc1[N+](=O)[O-])c1ccccc1[N+](=O)[O-]. The van der Waals surface area contributed by atoms with Gasteiger partial charge in [0.2, 0.25) is 11.2 Å². The van der Waals surface area contributed by atoms with E-state index in [1.807, 2.05) is 0 Å². The van der Waals surface area contributed by atoms with Gasteiger partial charge in [0.15, 0.2) is 0 Å². The summed E-state index contributed by atoms with van der Waals surface area (Å²) in [7, 11) is 0. The van der Waals surface area contributed by atoms with Gasteiger partial charge in [-0.1, -0.05) is 24.3 Å². The lowest BCUT2D eigenvalue weighted by molar-refractivity contribution is -0.386. The molecule has 0 aliphatic rings. The molecule has 2 rings (SSSR count). The maximum Gasteiger partial charge on any atom is 0.280 e. The molecule has 0 atom stereocenters. The number of hydrogen-bond acceptors (Lipinski definition) is 7. The second kappa shape index (κ2) is 6.56. The van der Waals surface area contributed by atoms with Crippen molar-refractivity contribution >= 4 is 17.2 Å². The average Bonchev–Trinajstić information content (AvgIpc) is 2.63. The third-order valence-electron chi connectivity index (χ3n) is 3.53. The van der Waals surface area contributed by atoms with Crippen LogP contribution in [0, 0.1) is 42.9 Å². The van der Waals surface area contributed by atoms with Crippen molar-refractivity contribution in [3.8, 4) is 12.1 Å². The predicted molar refractivity (Wildman–Crippen MR) is 83.4 cm³/mol. The predicted octanol–water partition coefficient (Wildman–Crippen LogP) is 2.67. The quantitative estimate of drug-likeness (QED) is 0.462. The van der Waals surface area contributed by atoms with E-state index in [9.17, 15) is 35.5 Å². The Kier molecular flexibility index (Phi) is 4.53. The van der Waals surface area contributed by atoms with Gasteiger partial charge in [-0.3, -0.25) is 25.0 Å². The van der Waals surface area contributed by atoms with Crippen LogP contribution in [0.2, 0.25) is 0 Å². The second-order valence-corrected chi connectivity index (χ2v) is 4.85. The molecule has 0 saturated carbocycles. The molecule has 9 heteroatoms. The molecule has 0 saturated heterocycles. The normalized spacial score (nSPS) is 10.3. The molecule has 0 spiro atoms. The summed E-state index contributed by atoms with van der Waals surface area (Å²) in [5.74, 6) is -1.20. The Balaban J connectivity index is 2.79. The fraction of sp³-hybridized carbons (Fsp3) is 0.0625. The van der Waals surface area contributed by atoms with Gasteiger partial charge in [0.25, 0.3) is 11.4 Å². The zero-order valence-electron chi connectivity index (χ0n) is 12.4. The third kappa shape index (κ3) is 2.78. The molecule has 0 heterocycles. The Hall–Kier alpha value is -4.11. The van der Waals surface area contributed by atoms with E-state index in [1.54, 1.807) is 0 Å². The molecule has 0 radical (unpaired) electrons. The smallest absolute Gasteiger partial charge is 0.280 e. The molecular formula is C16H8N4O5. The van der Waals surface area contributed by atoms with Gasteiger partial charge in [-0.2, -0.15) is 10.5 Å². The van der Waals surface area contributed by atoms with Crippen LogP contribution in [0.4, 0.5) is 11.4 Å². The van der Waals surface area contributed by atoms with E-state index in [-0.39, 0.29) is 0 Å². The van der Waals surface area contributed by atoms with Crippen molar-refractivity contribution in [3.63, 3.8) is 0 Å². The number of ketones is 1. The summed E-state index contributed by atoms with van der Waals surface area (Å²) in [4.78, 5) is 33.5. The maximum atomic E-state index is 12.9. The lowest BCUT2D eigenvalue weighted by Gasteiger charge is -2.17. The maximum absolute atomic E-state index is 12.9. The zero-order chi connectivity index (χ0) is 18.6. The van der Waals surface area contributed by atoms with Crippen LogP contribution >= 0.6 is 0 Å². The Morgan fingerprint density at radius 3 is 1.88 bits per heavy atom. The van der Waals surface area contributed by atoms with Gasteiger partial charge in [-0.15, -0.1) is 0 Å². The van der Waals surface area contributed by atoms with Crippen molar-refractivity contribution in [3.05, 3.63) is 79.9 Å². The van der Waals surface area contributed by atoms with E-state index in [4.69, 9.17) is 0 Å². The van der Waals surface area contributed by atoms with Crippen LogP contribution in [-0.2, 0) is 5.41 Å². The summed E-state index contributed by atoms with van der Waals surface area (Å²) in [6, 6.07) is 12.6. The minimum Gasteiger partial charge on any atom is -0.290 e. The van der Waals surface area contributed by atoms with E-state index in [1.165, 1.54) is 36.4 Å². The standard InChI is InChI=1S/C16H8N4O5/c17-9-16(10-18,12-6-2-4-8-14(12)20(24)25)15(21)11-5-1-3-7-13(11)19(22)23/h1-8H. The fourth-order valence-electron chi connectivity index (χ4n) is 2.35. The molecule has 2 aromatic rings. The molecule has 9 nitrogen and oxygen atoms in total. The Morgan fingerprint density at radius 1 is 0.880 bits per heavy atom. The number of carbonyl (C=O) groups is 1. The highest BCUT2D eigenvalue weighted by atomic mass is 16.6. The van der Waals surface area contributed by atoms with Gasteiger partial charge >= 0.3 is 0 Å². The zero-order valence-corrected chi connectivity index (χ0v) is 12.4. The van der Waals surface area contributed by atoms with Crippen LogP contribution in [0.25, 0.3) is 0 Å². The lowest BCUT2D eigenvalue weighted by Crippen LogP contribution is -2.34. The molecule has 0 aromatic heterocycles. The van der Waals surface area contributed by atoms with Crippen molar-refractivity contribution in [1.82, 2.24) is 0 Å². The number of hydrogen-bond donors (Lipinski definition) is 0. The first-order chi connectivity index (χ1) is 11.9. The Labute approximate surface area is 140 Å². The highest BCUT2D eigenvalue weighted by Gasteiger charge is 2.47. The molecule has 0 amide bonds. The number of Topliss-reactive ketones (excluding diaryl/α,β-unsaturated/α-hetero) is 1. The number of para-hydroxylation sites is 2. The van der Waals surface area contributed by atoms with Crippen LogP contribution in [0.15, 0.2) is 48.5 Å². The molecule has 0 aliphatic heterocycles. The topological polar surface area (TPSA) is 151 Å². The average molecular weight is 336 g/mol. The summed E-state index contributed by atoms with van der Waals surface area (Å²) < 4.78 is 0. The van der Waals surface area contributed by atoms with Gasteiger partial charge in [-0.05, 0) is 12.1 Å². The molecule has 25 heavy (non-hydrogen) atoms. The van der Waals surface area contributed by atoms with E-state index in [0.717, 1.165) is 24.3 Å². The molecule has 0 bridgehead atoms. The number of rotatable bonds is 5. The molecular weight excluding hydrogens is 328 g/mol. The van der Waals surface area contributed by atoms with Crippen LogP contribution < -0.4 is 0 Å². The third-order valence-corrected chi connectivity index (χ3v) is 3.53. The summed E-state index contributed by atoms with van der Waals surface area (Å²) in [5.41, 5.74) is -4.70. The molecule has 0 fully saturated rings. The molecule has 0 unspecified atom stereocenters. The number of nitrogens with zero attached hydrogens (tertiary/aromatic N) is 4. The molecule has 122 valence electrons. The number of benzene rings is 2.